The molecular weight excluding hydrogens is 1770 g/mol. The zero-order chi connectivity index (χ0) is 96.9. The van der Waals surface area contributed by atoms with Gasteiger partial charge in [-0.3, -0.25) is 43.6 Å². The monoisotopic (exact) mass is 1900 g/mol. The predicted molar refractivity (Wildman–Crippen MR) is 533 cm³/mol. The van der Waals surface area contributed by atoms with Crippen LogP contribution in [-0.4, -0.2) is 268 Å². The van der Waals surface area contributed by atoms with Crippen LogP contribution in [0.2, 0.25) is 0 Å². The fraction of sp³-hybridized carbons (Fsp3) is 0.444. The number of carbonyl (C=O) groups excluding carboxylic acids is 5. The first kappa shape index (κ1) is 102. The van der Waals surface area contributed by atoms with E-state index in [1.807, 2.05) is 133 Å². The first-order valence-electron chi connectivity index (χ1n) is 48.0. The van der Waals surface area contributed by atoms with Crippen molar-refractivity contribution in [2.45, 2.75) is 167 Å². The lowest BCUT2D eigenvalue weighted by Crippen LogP contribution is -2.58. The molecule has 0 saturated carbocycles. The van der Waals surface area contributed by atoms with Gasteiger partial charge in [-0.25, -0.2) is 14.8 Å². The number of β-amino-alcohol motifs (C(OH)–C–C–N with tert-alkyl or cyclic N) is 2. The quantitative estimate of drug-likeness (QED) is 0.0173. The number of nitrogens with one attached hydrogen (secondary N) is 3. The van der Waals surface area contributed by atoms with Gasteiger partial charge in [0.2, 0.25) is 29.5 Å². The number of ether oxygens (including phenoxy) is 4. The molecule has 10 aromatic rings. The highest BCUT2D eigenvalue weighted by molar-refractivity contribution is 7.13. The number of nitrogens with two attached hydrogens (primary N) is 1. The Morgan fingerprint density at radius 3 is 1.23 bits per heavy atom. The zero-order valence-electron chi connectivity index (χ0n) is 80.0. The van der Waals surface area contributed by atoms with Gasteiger partial charge in [0.1, 0.15) is 67.6 Å². The van der Waals surface area contributed by atoms with Crippen molar-refractivity contribution in [2.24, 2.45) is 16.6 Å². The first-order chi connectivity index (χ1) is 65.9. The van der Waals surface area contributed by atoms with E-state index in [2.05, 4.69) is 167 Å². The van der Waals surface area contributed by atoms with Crippen LogP contribution in [0.5, 0.6) is 23.0 Å². The maximum Gasteiger partial charge on any atom is 0.329 e. The molecule has 0 bridgehead atoms. The minimum Gasteiger partial charge on any atom is -0.508 e. The molecule has 6 aliphatic rings. The Morgan fingerprint density at radius 1 is 0.474 bits per heavy atom. The number of phenolic OH excluding ortho intramolecular Hbond substituents is 2. The Kier molecular flexibility index (Phi) is 35.5. The zero-order valence-corrected chi connectivity index (χ0v) is 81.6. The first-order valence-corrected chi connectivity index (χ1v) is 49.7. The summed E-state index contributed by atoms with van der Waals surface area (Å²) in [7, 11) is 0. The van der Waals surface area contributed by atoms with Gasteiger partial charge in [-0.1, -0.05) is 187 Å². The van der Waals surface area contributed by atoms with Gasteiger partial charge in [0, 0.05) is 129 Å². The standard InChI is InChI=1S/C54H66N6O7S.C32H38N2O5.C22H30N4O3S/c1-36-50(68-35-56-36)40-12-10-37(11-13-40)32-55-52(64)47-31-43(62)33-60(47)53(65)51(54(2,3)4)57-48(63)34-66-28-26-58-22-24-59(25-23-58)27-29-67-44-18-14-39(15-19-44)49-45(38-8-6-5-7-9-38)20-16-41-30-42(61)17-21-46(41)49;35-27-9-13-30-26(22-27)8-12-29(24-4-2-1-3-5-24)32(30)25-6-10-28(11-7-25)39-21-19-34-16-14-33(15-17-34)18-20-38-23-31(36)37;1-13-18(30-12-25-13)15-7-5-14(6-8-15)10-24-20(28)17-9-16(27)11-26(17)21(29)19(23)22(2,3)4/h5-15,17-19,21,30,35,43,45,47,49,51,61-62H,16,20,22-29,31-34H2,1-4H3,(H,55,64)(H,57,63);1-7,9-11,13,22,29,32,35H,8,12,14-21,23H2,(H,36,37);5-8,12,16-17,19,27H,9-11,23H2,1-4H3,(H,24,28)/t43-,45-,47+,49+,51-;29-,32+;16-,17+,19-/m111/s1. The number of fused-ring (bicyclic) bond motifs is 2. The Bertz CT molecular complexity index is 5610. The normalized spacial score (nSPS) is 20.2. The lowest BCUT2D eigenvalue weighted by Gasteiger charge is -2.35. The van der Waals surface area contributed by atoms with E-state index in [1.165, 1.54) is 54.3 Å². The van der Waals surface area contributed by atoms with Crippen molar-refractivity contribution in [2.75, 3.05) is 131 Å². The average molecular weight is 1900 g/mol. The third kappa shape index (κ3) is 27.6. The molecule has 4 saturated heterocycles. The number of benzene rings is 8. The minimum atomic E-state index is -0.928. The van der Waals surface area contributed by atoms with E-state index < -0.39 is 65.0 Å². The van der Waals surface area contributed by atoms with Gasteiger partial charge in [-0.15, -0.1) is 22.7 Å². The number of aliphatic hydroxyl groups is 2. The summed E-state index contributed by atoms with van der Waals surface area (Å²) in [6, 6.07) is 62.9. The maximum absolute atomic E-state index is 14.1. The van der Waals surface area contributed by atoms with Crippen LogP contribution >= 0.6 is 22.7 Å². The van der Waals surface area contributed by atoms with Gasteiger partial charge in [0.05, 0.1) is 63.6 Å². The second kappa shape index (κ2) is 47.8. The molecular formula is C108H134N12O15S2. The number of aromatic nitrogens is 2. The number of hydrogen-bond donors (Lipinski definition) is 9. The van der Waals surface area contributed by atoms with E-state index in [-0.39, 0.29) is 75.2 Å². The summed E-state index contributed by atoms with van der Waals surface area (Å²) in [5.74, 6) is 0.878. The number of aryl methyl sites for hydroxylation is 4. The number of phenols is 2. The van der Waals surface area contributed by atoms with E-state index in [9.17, 15) is 49.2 Å². The fourth-order valence-corrected chi connectivity index (χ4v) is 21.0. The highest BCUT2D eigenvalue weighted by Gasteiger charge is 2.46. The summed E-state index contributed by atoms with van der Waals surface area (Å²) in [6.07, 6.45) is 2.74. The largest absolute Gasteiger partial charge is 0.508 e. The van der Waals surface area contributed by atoms with E-state index in [0.717, 1.165) is 153 Å². The van der Waals surface area contributed by atoms with Gasteiger partial charge in [0.15, 0.2) is 0 Å². The number of nitrogens with zero attached hydrogens (tertiary/aromatic N) is 8. The molecule has 0 spiro atoms. The molecule has 0 unspecified atom stereocenters. The molecule has 728 valence electrons. The molecule has 4 aliphatic heterocycles. The van der Waals surface area contributed by atoms with Crippen LogP contribution in [0.3, 0.4) is 0 Å². The number of amides is 5. The summed E-state index contributed by atoms with van der Waals surface area (Å²) in [5.41, 5.74) is 24.9. The average Bonchev–Trinajstić information content (AvgIpc) is 1.58. The number of aliphatic carboxylic acids is 1. The van der Waals surface area contributed by atoms with Crippen LogP contribution in [0.4, 0.5) is 0 Å². The number of rotatable bonds is 33. The van der Waals surface area contributed by atoms with Crippen LogP contribution in [0, 0.1) is 24.7 Å². The van der Waals surface area contributed by atoms with Gasteiger partial charge < -0.3 is 76.0 Å². The molecule has 10 atom stereocenters. The van der Waals surface area contributed by atoms with Crippen molar-refractivity contribution in [3.8, 4) is 43.9 Å². The third-order valence-electron chi connectivity index (χ3n) is 27.2. The Hall–Kier alpha value is -11.3. The highest BCUT2D eigenvalue weighted by atomic mass is 32.1. The van der Waals surface area contributed by atoms with E-state index in [1.54, 1.807) is 28.7 Å². The van der Waals surface area contributed by atoms with Crippen LogP contribution in [-0.2, 0) is 64.2 Å². The molecule has 5 amide bonds. The van der Waals surface area contributed by atoms with Crippen molar-refractivity contribution in [3.05, 3.63) is 272 Å². The minimum absolute atomic E-state index is 0.00779. The number of aliphatic hydroxyl groups excluding tert-OH is 2. The predicted octanol–water partition coefficient (Wildman–Crippen LogP) is 12.9. The number of hydrogen-bond acceptors (Lipinski definition) is 23. The van der Waals surface area contributed by atoms with Gasteiger partial charge in [-0.05, 0) is 177 Å². The number of likely N-dealkylation sites (tertiary alicyclic amines) is 2. The number of carbonyl (C=O) groups is 6. The molecule has 0 radical (unpaired) electrons. The Morgan fingerprint density at radius 2 is 0.861 bits per heavy atom. The smallest absolute Gasteiger partial charge is 0.329 e. The second-order valence-corrected chi connectivity index (χ2v) is 40.6. The van der Waals surface area contributed by atoms with Crippen molar-refractivity contribution < 1.29 is 73.2 Å². The van der Waals surface area contributed by atoms with Crippen molar-refractivity contribution in [3.63, 3.8) is 0 Å². The number of piperazine rings is 2. The maximum atomic E-state index is 14.1. The third-order valence-corrected chi connectivity index (χ3v) is 29.1. The summed E-state index contributed by atoms with van der Waals surface area (Å²) < 4.78 is 23.3. The summed E-state index contributed by atoms with van der Waals surface area (Å²) in [5, 5.41) is 58.3. The molecule has 27 nitrogen and oxygen atoms in total. The SMILES string of the molecule is Cc1ncsc1-c1ccc(CNC(=O)[C@@H]2C[C@@H](O)CN2C(=O)[C@@H](N)C(C)(C)C)cc1.Cc1ncsc1-c1ccc(CNC(=O)[C@@H]2C[C@@H](O)CN2C(=O)[C@@H](NC(=O)COCCN2CCN(CCOc3ccc([C@@H]4c5ccc(O)cc5CC[C@@H]4c4ccccc4)cc3)CC2)C(C)(C)C)cc1.O=C(O)COCCN1CCN(CCOc2ccc([C@@H]3c4ccc(O)cc4CC[C@@H]3c3ccccc3)cc2)CC1. The lowest BCUT2D eigenvalue weighted by molar-refractivity contribution is -0.144. The van der Waals surface area contributed by atoms with Crippen molar-refractivity contribution in [1.29, 1.82) is 0 Å². The molecule has 6 heterocycles. The van der Waals surface area contributed by atoms with Crippen molar-refractivity contribution in [1.82, 2.24) is 55.3 Å². The summed E-state index contributed by atoms with van der Waals surface area (Å²) in [4.78, 5) is 100.0. The number of carboxylic acid groups (broad SMARTS) is 1. The van der Waals surface area contributed by atoms with Crippen LogP contribution in [0.25, 0.3) is 20.9 Å². The van der Waals surface area contributed by atoms with E-state index >= 15 is 0 Å². The highest BCUT2D eigenvalue weighted by Crippen LogP contribution is 2.49. The van der Waals surface area contributed by atoms with E-state index in [4.69, 9.17) is 29.8 Å². The molecule has 8 aromatic carbocycles. The summed E-state index contributed by atoms with van der Waals surface area (Å²) >= 11 is 3.18. The molecule has 4 fully saturated rings. The Labute approximate surface area is 812 Å². The topological polar surface area (TPSA) is 348 Å². The van der Waals surface area contributed by atoms with Crippen LogP contribution in [0.15, 0.2) is 205 Å². The van der Waals surface area contributed by atoms with Gasteiger partial charge >= 0.3 is 5.97 Å². The number of carboxylic acids is 1. The lowest BCUT2D eigenvalue weighted by atomic mass is 9.69. The summed E-state index contributed by atoms with van der Waals surface area (Å²) in [6.45, 7) is 28.1. The van der Waals surface area contributed by atoms with Gasteiger partial charge in [-0.2, -0.15) is 0 Å². The number of aromatic hydroxyl groups is 2. The molecule has 10 N–H and O–H groups in total. The fourth-order valence-electron chi connectivity index (χ4n) is 19.4. The number of thiazole rings is 2. The molecule has 29 heteroatoms. The second-order valence-electron chi connectivity index (χ2n) is 38.9. The molecule has 2 aromatic heterocycles. The Balaban J connectivity index is 0.000000182. The van der Waals surface area contributed by atoms with Crippen molar-refractivity contribution >= 4 is 58.2 Å². The molecule has 16 rings (SSSR count). The van der Waals surface area contributed by atoms with E-state index in [0.29, 0.717) is 62.9 Å². The van der Waals surface area contributed by atoms with Gasteiger partial charge in [0.25, 0.3) is 0 Å². The van der Waals surface area contributed by atoms with Crippen LogP contribution in [0.1, 0.15) is 158 Å². The van der Waals surface area contributed by atoms with Crippen LogP contribution < -0.4 is 31.2 Å². The molecule has 2 aliphatic carbocycles. The molecule has 137 heavy (non-hydrogen) atoms.